The second kappa shape index (κ2) is 19.8. The molecule has 0 aliphatic heterocycles. The molecule has 0 bridgehead atoms. The van der Waals surface area contributed by atoms with Crippen LogP contribution in [0.5, 0.6) is 0 Å². The third-order valence-electron chi connectivity index (χ3n) is 9.07. The van der Waals surface area contributed by atoms with Gasteiger partial charge in [0.15, 0.2) is 0 Å². The first-order chi connectivity index (χ1) is 19.6. The van der Waals surface area contributed by atoms with Crippen molar-refractivity contribution < 1.29 is 14.7 Å². The van der Waals surface area contributed by atoms with Crippen LogP contribution in [0.1, 0.15) is 194 Å². The molecule has 0 saturated heterocycles. The minimum Gasteiger partial charge on any atom is -0.0585 e. The molecule has 42 heavy (non-hydrogen) atoms. The van der Waals surface area contributed by atoms with Crippen molar-refractivity contribution in [3.63, 3.8) is 0 Å². The van der Waals surface area contributed by atoms with Gasteiger partial charge in [0, 0.05) is 0 Å². The Morgan fingerprint density at radius 1 is 0.500 bits per heavy atom. The van der Waals surface area contributed by atoms with Gasteiger partial charge in [0.2, 0.25) is 0 Å². The van der Waals surface area contributed by atoms with Crippen LogP contribution in [0.2, 0.25) is 0 Å². The van der Waals surface area contributed by atoms with E-state index in [1.54, 1.807) is 0 Å². The van der Waals surface area contributed by atoms with Crippen LogP contribution in [0.4, 0.5) is 0 Å². The molecule has 1 aromatic carbocycles. The van der Waals surface area contributed by atoms with Crippen LogP contribution in [-0.4, -0.2) is 27.0 Å². The van der Waals surface area contributed by atoms with Crippen molar-refractivity contribution in [3.05, 3.63) is 34.9 Å². The van der Waals surface area contributed by atoms with E-state index < -0.39 is 7.28 Å². The Hall–Kier alpha value is -0.470. The van der Waals surface area contributed by atoms with Crippen LogP contribution >= 0.6 is 7.28 Å². The zero-order valence-corrected chi connectivity index (χ0v) is 30.2. The molecule has 3 nitrogen and oxygen atoms in total. The van der Waals surface area contributed by atoms with E-state index in [4.69, 9.17) is 0 Å². The Morgan fingerprint density at radius 2 is 0.881 bits per heavy atom. The molecule has 1 rings (SSSR count). The van der Waals surface area contributed by atoms with Gasteiger partial charge in [-0.2, -0.15) is 0 Å². The number of hydrogen-bond acceptors (Lipinski definition) is 3. The van der Waals surface area contributed by atoms with Gasteiger partial charge >= 0.3 is 176 Å². The third kappa shape index (κ3) is 19.0. The van der Waals surface area contributed by atoms with Gasteiger partial charge in [0.25, 0.3) is 0 Å². The fraction of sp³-hybridized carbons (Fsp3) is 0.842. The zero-order chi connectivity index (χ0) is 31.6. The van der Waals surface area contributed by atoms with Crippen molar-refractivity contribution in [2.75, 3.05) is 12.3 Å². The van der Waals surface area contributed by atoms with Gasteiger partial charge in [-0.15, -0.1) is 0 Å². The van der Waals surface area contributed by atoms with Gasteiger partial charge in [-0.25, -0.2) is 0 Å². The van der Waals surface area contributed by atoms with Crippen LogP contribution in [0, 0.1) is 0 Å². The molecule has 0 saturated carbocycles. The predicted octanol–water partition coefficient (Wildman–Crippen LogP) is 11.9. The number of hydrogen-bond donors (Lipinski definition) is 3. The van der Waals surface area contributed by atoms with Gasteiger partial charge in [0.05, 0.1) is 0 Å². The zero-order valence-electron chi connectivity index (χ0n) is 29.3. The van der Waals surface area contributed by atoms with E-state index in [1.165, 1.54) is 113 Å². The summed E-state index contributed by atoms with van der Waals surface area (Å²) in [4.78, 5) is 31.4. The average Bonchev–Trinajstić information content (AvgIpc) is 2.89. The van der Waals surface area contributed by atoms with Gasteiger partial charge < -0.3 is 0 Å². The number of rotatable bonds is 24. The van der Waals surface area contributed by atoms with Crippen molar-refractivity contribution in [2.45, 2.75) is 194 Å². The smallest absolute Gasteiger partial charge is 0.0585 e. The molecule has 0 atom stereocenters. The third-order valence-corrected chi connectivity index (χ3v) is 11.5. The van der Waals surface area contributed by atoms with E-state index in [0.29, 0.717) is 0 Å². The molecule has 0 aliphatic carbocycles. The molecule has 4 heteroatoms. The molecule has 0 aromatic heterocycles. The second-order valence-electron chi connectivity index (χ2n) is 15.6. The Morgan fingerprint density at radius 3 is 1.26 bits per heavy atom. The maximum absolute atomic E-state index is 10.5. The summed E-state index contributed by atoms with van der Waals surface area (Å²) in [5.41, 5.74) is 4.85. The number of unbranched alkanes of at least 4 members (excludes halogenated alkanes) is 18. The Labute approximate surface area is 262 Å². The summed E-state index contributed by atoms with van der Waals surface area (Å²) in [6, 6.07) is 7.18. The van der Waals surface area contributed by atoms with E-state index >= 15 is 0 Å². The van der Waals surface area contributed by atoms with Crippen molar-refractivity contribution >= 4 is 7.28 Å². The Bertz CT molecular complexity index is 825. The molecule has 248 valence electrons. The molecule has 0 spiro atoms. The summed E-state index contributed by atoms with van der Waals surface area (Å²) < 4.78 is 0. The van der Waals surface area contributed by atoms with E-state index in [0.717, 1.165) is 38.5 Å². The Balaban J connectivity index is 2.08. The standard InChI is InChI=1S/C38H73O3P/c1-8-9-10-11-12-13-17-20-23-26-31-42(39,40,41)32-27-24-21-18-15-14-16-19-22-25-28-34-29-30-35(37(2,3)4)33-36(34)38(5,6)7/h29-30,33,39-41H,8-28,31-32H2,1-7H3. The van der Waals surface area contributed by atoms with Crippen molar-refractivity contribution in [3.8, 4) is 0 Å². The summed E-state index contributed by atoms with van der Waals surface area (Å²) in [6.07, 6.45) is 25.5. The predicted molar refractivity (Wildman–Crippen MR) is 189 cm³/mol. The van der Waals surface area contributed by atoms with Gasteiger partial charge in [-0.1, -0.05) is 59.7 Å². The van der Waals surface area contributed by atoms with Gasteiger partial charge in [0.1, 0.15) is 0 Å². The van der Waals surface area contributed by atoms with E-state index in [9.17, 15) is 14.7 Å². The van der Waals surface area contributed by atoms with Crippen LogP contribution in [0.3, 0.4) is 0 Å². The molecule has 0 radical (unpaired) electrons. The monoisotopic (exact) mass is 609 g/mol. The number of benzene rings is 1. The molecule has 0 fully saturated rings. The number of aryl methyl sites for hydroxylation is 1. The molecule has 0 unspecified atom stereocenters. The molecule has 0 heterocycles. The topological polar surface area (TPSA) is 60.7 Å². The van der Waals surface area contributed by atoms with E-state index in [1.807, 2.05) is 0 Å². The van der Waals surface area contributed by atoms with Crippen LogP contribution in [0.25, 0.3) is 0 Å². The maximum atomic E-state index is 10.5. The van der Waals surface area contributed by atoms with Crippen LogP contribution in [0.15, 0.2) is 18.2 Å². The summed E-state index contributed by atoms with van der Waals surface area (Å²) in [5.74, 6) is 0. The fourth-order valence-electron chi connectivity index (χ4n) is 6.16. The van der Waals surface area contributed by atoms with Crippen LogP contribution in [-0.2, 0) is 17.3 Å². The molecule has 3 N–H and O–H groups in total. The minimum atomic E-state index is -4.41. The summed E-state index contributed by atoms with van der Waals surface area (Å²) in [7, 11) is -4.41. The van der Waals surface area contributed by atoms with E-state index in [-0.39, 0.29) is 23.2 Å². The quantitative estimate of drug-likeness (QED) is 0.0808. The molecular weight excluding hydrogens is 535 g/mol. The summed E-state index contributed by atoms with van der Waals surface area (Å²) in [5, 5.41) is 0. The summed E-state index contributed by atoms with van der Waals surface area (Å²) in [6.45, 7) is 16.2. The first kappa shape index (κ1) is 39.6. The molecule has 0 amide bonds. The van der Waals surface area contributed by atoms with Crippen molar-refractivity contribution in [2.24, 2.45) is 0 Å². The SMILES string of the molecule is CCCCCCCCCCCCP(O)(O)(O)CCCCCCCCCCCCc1ccc(C(C)(C)C)cc1C(C)(C)C. The molecule has 0 aliphatic rings. The molecular formula is C38H73O3P. The second-order valence-corrected chi connectivity index (χ2v) is 19.2. The van der Waals surface area contributed by atoms with Gasteiger partial charge in [-0.05, 0) is 27.5 Å². The van der Waals surface area contributed by atoms with Crippen molar-refractivity contribution in [1.29, 1.82) is 0 Å². The minimum absolute atomic E-state index is 0.179. The van der Waals surface area contributed by atoms with Crippen LogP contribution < -0.4 is 0 Å². The summed E-state index contributed by atoms with van der Waals surface area (Å²) >= 11 is 0. The van der Waals surface area contributed by atoms with Gasteiger partial charge in [-0.3, -0.25) is 0 Å². The molecule has 1 aromatic rings. The Kier molecular flexibility index (Phi) is 18.7. The first-order valence-electron chi connectivity index (χ1n) is 18.0. The average molecular weight is 609 g/mol. The first-order valence-corrected chi connectivity index (χ1v) is 20.5. The van der Waals surface area contributed by atoms with E-state index in [2.05, 4.69) is 66.7 Å². The normalized spacial score (nSPS) is 13.8. The fourth-order valence-corrected chi connectivity index (χ4v) is 8.13. The van der Waals surface area contributed by atoms with Crippen molar-refractivity contribution in [1.82, 2.24) is 0 Å².